The third-order valence-electron chi connectivity index (χ3n) is 6.02. The molecule has 1 atom stereocenters. The summed E-state index contributed by atoms with van der Waals surface area (Å²) < 4.78 is 15.2. The van der Waals surface area contributed by atoms with Crippen LogP contribution >= 0.6 is 34.8 Å². The minimum Gasteiger partial charge on any atom is -0.387 e. The molecular weight excluding hydrogens is 526 g/mol. The normalized spacial score (nSPS) is 13.8. The number of aliphatic hydroxyl groups is 1. The van der Waals surface area contributed by atoms with Gasteiger partial charge >= 0.3 is 0 Å². The van der Waals surface area contributed by atoms with Crippen LogP contribution in [0.2, 0.25) is 15.1 Å². The molecular formula is C27H24Cl3FN2O3. The fourth-order valence-electron chi connectivity index (χ4n) is 4.00. The van der Waals surface area contributed by atoms with Gasteiger partial charge in [-0.2, -0.15) is 0 Å². The summed E-state index contributed by atoms with van der Waals surface area (Å²) in [4.78, 5) is 26.9. The van der Waals surface area contributed by atoms with Gasteiger partial charge in [-0.05, 0) is 53.6 Å². The van der Waals surface area contributed by atoms with Gasteiger partial charge in [0, 0.05) is 18.5 Å². The van der Waals surface area contributed by atoms with E-state index < -0.39 is 29.3 Å². The second-order valence-electron chi connectivity index (χ2n) is 8.85. The first-order chi connectivity index (χ1) is 17.1. The summed E-state index contributed by atoms with van der Waals surface area (Å²) in [5, 5.41) is 13.4. The Balaban J connectivity index is 1.70. The molecule has 0 bridgehead atoms. The maximum Gasteiger partial charge on any atom is 0.259 e. The third kappa shape index (κ3) is 6.19. The minimum atomic E-state index is -1.08. The molecule has 9 heteroatoms. The van der Waals surface area contributed by atoms with Crippen LogP contribution in [0.4, 0.5) is 10.1 Å². The summed E-state index contributed by atoms with van der Waals surface area (Å²) in [6.07, 6.45) is 1.24. The minimum absolute atomic E-state index is 0.0769. The lowest BCUT2D eigenvalue weighted by atomic mass is 10.0. The van der Waals surface area contributed by atoms with Crippen molar-refractivity contribution in [2.45, 2.75) is 38.3 Å². The molecule has 3 aromatic rings. The van der Waals surface area contributed by atoms with Crippen LogP contribution in [0.5, 0.6) is 0 Å². The van der Waals surface area contributed by atoms with Crippen molar-refractivity contribution in [3.63, 3.8) is 0 Å². The zero-order chi connectivity index (χ0) is 26.0. The number of rotatable bonds is 8. The van der Waals surface area contributed by atoms with Crippen molar-refractivity contribution < 1.29 is 19.1 Å². The Bertz CT molecular complexity index is 1280. The van der Waals surface area contributed by atoms with Crippen LogP contribution in [-0.2, 0) is 11.3 Å². The Kier molecular flexibility index (Phi) is 8.20. The molecule has 0 aliphatic heterocycles. The molecule has 4 rings (SSSR count). The Labute approximate surface area is 223 Å². The van der Waals surface area contributed by atoms with Crippen molar-refractivity contribution in [3.8, 4) is 0 Å². The molecule has 0 spiro atoms. The summed E-state index contributed by atoms with van der Waals surface area (Å²) in [6.45, 7) is 1.14. The number of nitrogens with one attached hydrogen (secondary N) is 1. The van der Waals surface area contributed by atoms with Crippen molar-refractivity contribution in [1.82, 2.24) is 4.90 Å². The van der Waals surface area contributed by atoms with E-state index in [2.05, 4.69) is 5.32 Å². The SMILES string of the molecule is CC(=O)Nc1c(Cl)cc(Cl)c(F)c1C(=O)N(Cc1ccc(C2CC2)cc1)CC(O)c1ccc(Cl)cc1. The standard InChI is InChI=1S/C27H24Cl3FN2O3/c1-15(34)32-26-22(30)12-21(29)25(31)24(26)27(36)33(14-23(35)19-8-10-20(28)11-9-19)13-16-2-4-17(5-3-16)18-6-7-18/h2-5,8-12,18,23,35H,6-7,13-14H2,1H3,(H,32,34). The molecule has 0 heterocycles. The average molecular weight is 550 g/mol. The van der Waals surface area contributed by atoms with E-state index in [0.29, 0.717) is 16.5 Å². The summed E-state index contributed by atoms with van der Waals surface area (Å²) in [6, 6.07) is 15.6. The number of hydrogen-bond acceptors (Lipinski definition) is 3. The highest BCUT2D eigenvalue weighted by molar-refractivity contribution is 6.38. The van der Waals surface area contributed by atoms with Gasteiger partial charge in [0.25, 0.3) is 5.91 Å². The van der Waals surface area contributed by atoms with Gasteiger partial charge in [0.05, 0.1) is 28.4 Å². The van der Waals surface area contributed by atoms with Crippen LogP contribution < -0.4 is 5.32 Å². The van der Waals surface area contributed by atoms with E-state index in [-0.39, 0.29) is 28.8 Å². The smallest absolute Gasteiger partial charge is 0.259 e. The van der Waals surface area contributed by atoms with Crippen LogP contribution in [0.25, 0.3) is 0 Å². The molecule has 2 amide bonds. The second-order valence-corrected chi connectivity index (χ2v) is 10.1. The molecule has 0 aromatic heterocycles. The van der Waals surface area contributed by atoms with E-state index in [1.807, 2.05) is 24.3 Å². The number of halogens is 4. The van der Waals surface area contributed by atoms with Gasteiger partial charge in [0.2, 0.25) is 5.91 Å². The molecule has 1 fully saturated rings. The number of benzene rings is 3. The first-order valence-electron chi connectivity index (χ1n) is 11.4. The maximum absolute atomic E-state index is 15.2. The van der Waals surface area contributed by atoms with Crippen molar-refractivity contribution in [2.75, 3.05) is 11.9 Å². The van der Waals surface area contributed by atoms with Crippen molar-refractivity contribution in [3.05, 3.63) is 97.7 Å². The van der Waals surface area contributed by atoms with E-state index in [1.165, 1.54) is 17.4 Å². The number of hydrogen-bond donors (Lipinski definition) is 2. The molecule has 3 aromatic carbocycles. The van der Waals surface area contributed by atoms with Gasteiger partial charge in [-0.15, -0.1) is 0 Å². The van der Waals surface area contributed by atoms with Crippen LogP contribution in [-0.4, -0.2) is 28.4 Å². The Hall–Kier alpha value is -2.64. The number of aliphatic hydroxyl groups excluding tert-OH is 1. The first-order valence-corrected chi connectivity index (χ1v) is 12.5. The Morgan fingerprint density at radius 1 is 1.06 bits per heavy atom. The molecule has 2 N–H and O–H groups in total. The summed E-state index contributed by atoms with van der Waals surface area (Å²) in [5.41, 5.74) is 1.92. The van der Waals surface area contributed by atoms with Crippen LogP contribution in [0, 0.1) is 5.82 Å². The van der Waals surface area contributed by atoms with Crippen molar-refractivity contribution in [1.29, 1.82) is 0 Å². The van der Waals surface area contributed by atoms with Gasteiger partial charge in [0.1, 0.15) is 5.56 Å². The topological polar surface area (TPSA) is 69.6 Å². The quantitative estimate of drug-likeness (QED) is 0.297. The molecule has 0 radical (unpaired) electrons. The molecule has 1 aliphatic carbocycles. The van der Waals surface area contributed by atoms with Gasteiger partial charge in [-0.3, -0.25) is 9.59 Å². The molecule has 36 heavy (non-hydrogen) atoms. The highest BCUT2D eigenvalue weighted by Gasteiger charge is 2.29. The van der Waals surface area contributed by atoms with E-state index in [1.54, 1.807) is 24.3 Å². The lowest BCUT2D eigenvalue weighted by Crippen LogP contribution is -2.35. The van der Waals surface area contributed by atoms with Crippen LogP contribution in [0.1, 0.15) is 58.8 Å². The van der Waals surface area contributed by atoms with E-state index >= 15 is 4.39 Å². The number of carbonyl (C=O) groups is 2. The molecule has 1 saturated carbocycles. The fourth-order valence-corrected chi connectivity index (χ4v) is 4.64. The zero-order valence-electron chi connectivity index (χ0n) is 19.4. The lowest BCUT2D eigenvalue weighted by Gasteiger charge is -2.27. The van der Waals surface area contributed by atoms with Gasteiger partial charge in [-0.1, -0.05) is 71.2 Å². The maximum atomic E-state index is 15.2. The van der Waals surface area contributed by atoms with E-state index in [9.17, 15) is 14.7 Å². The van der Waals surface area contributed by atoms with Crippen molar-refractivity contribution >= 4 is 52.3 Å². The predicted molar refractivity (Wildman–Crippen MR) is 140 cm³/mol. The summed E-state index contributed by atoms with van der Waals surface area (Å²) in [5.74, 6) is -1.74. The zero-order valence-corrected chi connectivity index (χ0v) is 21.7. The number of carbonyl (C=O) groups excluding carboxylic acids is 2. The molecule has 0 saturated heterocycles. The number of nitrogens with zero attached hydrogens (tertiary/aromatic N) is 1. The molecule has 188 valence electrons. The van der Waals surface area contributed by atoms with Crippen LogP contribution in [0.3, 0.4) is 0 Å². The molecule has 1 aliphatic rings. The van der Waals surface area contributed by atoms with Crippen LogP contribution in [0.15, 0.2) is 54.6 Å². The average Bonchev–Trinajstić information content (AvgIpc) is 3.68. The molecule has 1 unspecified atom stereocenters. The summed E-state index contributed by atoms with van der Waals surface area (Å²) >= 11 is 18.2. The summed E-state index contributed by atoms with van der Waals surface area (Å²) in [7, 11) is 0. The largest absolute Gasteiger partial charge is 0.387 e. The highest BCUT2D eigenvalue weighted by Crippen LogP contribution is 2.40. The molecule has 5 nitrogen and oxygen atoms in total. The van der Waals surface area contributed by atoms with E-state index in [0.717, 1.165) is 24.5 Å². The fraction of sp³-hybridized carbons (Fsp3) is 0.259. The van der Waals surface area contributed by atoms with Gasteiger partial charge in [-0.25, -0.2) is 4.39 Å². The highest BCUT2D eigenvalue weighted by atomic mass is 35.5. The number of anilines is 1. The van der Waals surface area contributed by atoms with E-state index in [4.69, 9.17) is 34.8 Å². The lowest BCUT2D eigenvalue weighted by molar-refractivity contribution is -0.114. The predicted octanol–water partition coefficient (Wildman–Crippen LogP) is 7.00. The second kappa shape index (κ2) is 11.2. The monoisotopic (exact) mass is 548 g/mol. The van der Waals surface area contributed by atoms with Gasteiger partial charge < -0.3 is 15.3 Å². The first kappa shape index (κ1) is 26.4. The number of amides is 2. The van der Waals surface area contributed by atoms with Crippen molar-refractivity contribution in [2.24, 2.45) is 0 Å². The third-order valence-corrected chi connectivity index (χ3v) is 6.85. The van der Waals surface area contributed by atoms with Gasteiger partial charge in [0.15, 0.2) is 5.82 Å². The Morgan fingerprint density at radius 3 is 2.28 bits per heavy atom. The Morgan fingerprint density at radius 2 is 1.69 bits per heavy atom.